The number of benzene rings is 2. The number of aromatic nitrogens is 2. The van der Waals surface area contributed by atoms with Gasteiger partial charge in [-0.1, -0.05) is 29.8 Å². The van der Waals surface area contributed by atoms with E-state index in [1.54, 1.807) is 30.3 Å². The summed E-state index contributed by atoms with van der Waals surface area (Å²) in [6.07, 6.45) is 0.988. The number of hydrogen-bond donors (Lipinski definition) is 4. The van der Waals surface area contributed by atoms with Crippen molar-refractivity contribution in [2.24, 2.45) is 5.84 Å². The summed E-state index contributed by atoms with van der Waals surface area (Å²) in [5.74, 6) is 4.50. The van der Waals surface area contributed by atoms with Gasteiger partial charge < -0.3 is 10.3 Å². The topological polar surface area (TPSA) is 141 Å². The number of amides is 2. The molecule has 3 rings (SSSR count). The Morgan fingerprint density at radius 3 is 2.50 bits per heavy atom. The van der Waals surface area contributed by atoms with Gasteiger partial charge in [0, 0.05) is 11.2 Å². The predicted molar refractivity (Wildman–Crippen MR) is 105 cm³/mol. The third-order valence-electron chi connectivity index (χ3n) is 3.77. The zero-order chi connectivity index (χ0) is 20.3. The van der Waals surface area contributed by atoms with E-state index in [4.69, 9.17) is 17.4 Å². The number of hydrogen-bond acceptors (Lipinski definition) is 5. The molecule has 9 nitrogen and oxygen atoms in total. The van der Waals surface area contributed by atoms with Crippen LogP contribution in [0.2, 0.25) is 5.02 Å². The third-order valence-corrected chi connectivity index (χ3v) is 4.01. The van der Waals surface area contributed by atoms with Gasteiger partial charge in [0.25, 0.3) is 17.4 Å². The zero-order valence-electron chi connectivity index (χ0n) is 14.2. The summed E-state index contributed by atoms with van der Waals surface area (Å²) in [5, 5.41) is 3.77. The van der Waals surface area contributed by atoms with Crippen molar-refractivity contribution >= 4 is 34.8 Å². The molecule has 0 aliphatic rings. The van der Waals surface area contributed by atoms with E-state index in [2.05, 4.69) is 10.3 Å². The van der Waals surface area contributed by atoms with Gasteiger partial charge in [-0.15, -0.1) is 0 Å². The Hall–Kier alpha value is -3.69. The molecule has 0 spiro atoms. The lowest BCUT2D eigenvalue weighted by atomic mass is 10.1. The molecule has 3 aromatic rings. The van der Waals surface area contributed by atoms with Crippen LogP contribution in [-0.4, -0.2) is 21.8 Å². The fourth-order valence-electron chi connectivity index (χ4n) is 2.42. The minimum absolute atomic E-state index is 0.0965. The van der Waals surface area contributed by atoms with Gasteiger partial charge >= 0.3 is 5.69 Å². The summed E-state index contributed by atoms with van der Waals surface area (Å²) in [6, 6.07) is 12.5. The van der Waals surface area contributed by atoms with Crippen LogP contribution >= 0.6 is 11.6 Å². The second kappa shape index (κ2) is 7.91. The van der Waals surface area contributed by atoms with E-state index >= 15 is 0 Å². The van der Waals surface area contributed by atoms with E-state index in [-0.39, 0.29) is 16.8 Å². The Kier molecular flexibility index (Phi) is 5.39. The van der Waals surface area contributed by atoms with Crippen molar-refractivity contribution in [1.82, 2.24) is 9.97 Å². The highest BCUT2D eigenvalue weighted by Gasteiger charge is 2.20. The fourth-order valence-corrected chi connectivity index (χ4v) is 2.60. The number of anilines is 2. The second-order valence-electron chi connectivity index (χ2n) is 5.64. The summed E-state index contributed by atoms with van der Waals surface area (Å²) >= 11 is 5.93. The summed E-state index contributed by atoms with van der Waals surface area (Å²) < 4.78 is 0. The molecule has 28 heavy (non-hydrogen) atoms. The lowest BCUT2D eigenvalue weighted by Gasteiger charge is -2.19. The average Bonchev–Trinajstić information content (AvgIpc) is 2.67. The van der Waals surface area contributed by atoms with Crippen LogP contribution in [0, 0.1) is 0 Å². The summed E-state index contributed by atoms with van der Waals surface area (Å²) in [4.78, 5) is 52.2. The van der Waals surface area contributed by atoms with Crippen molar-refractivity contribution < 1.29 is 9.59 Å². The first kappa shape index (κ1) is 19.1. The van der Waals surface area contributed by atoms with Crippen LogP contribution in [0.15, 0.2) is 64.3 Å². The first-order chi connectivity index (χ1) is 13.4. The molecule has 1 heterocycles. The molecule has 0 fully saturated rings. The maximum Gasteiger partial charge on any atom is 0.325 e. The Balaban J connectivity index is 1.90. The molecule has 10 heteroatoms. The fraction of sp³-hybridized carbons (Fsp3) is 0. The lowest BCUT2D eigenvalue weighted by molar-refractivity contribution is 0.0987. The molecule has 1 aromatic heterocycles. The monoisotopic (exact) mass is 399 g/mol. The summed E-state index contributed by atoms with van der Waals surface area (Å²) in [6.45, 7) is 0. The lowest BCUT2D eigenvalue weighted by Crippen LogP contribution is -2.38. The number of carbonyl (C=O) groups is 2. The van der Waals surface area contributed by atoms with E-state index in [0.29, 0.717) is 10.7 Å². The first-order valence-corrected chi connectivity index (χ1v) is 8.31. The normalized spacial score (nSPS) is 10.4. The molecule has 0 saturated carbocycles. The van der Waals surface area contributed by atoms with Crippen molar-refractivity contribution in [3.05, 3.63) is 91.7 Å². The van der Waals surface area contributed by atoms with E-state index in [9.17, 15) is 19.2 Å². The van der Waals surface area contributed by atoms with Gasteiger partial charge in [0.2, 0.25) is 0 Å². The van der Waals surface area contributed by atoms with Crippen LogP contribution in [0.25, 0.3) is 0 Å². The van der Waals surface area contributed by atoms with Gasteiger partial charge in [-0.25, -0.2) is 15.6 Å². The molecule has 2 aromatic carbocycles. The van der Waals surface area contributed by atoms with Gasteiger partial charge in [-0.2, -0.15) is 0 Å². The first-order valence-electron chi connectivity index (χ1n) is 7.94. The van der Waals surface area contributed by atoms with E-state index in [0.717, 1.165) is 11.2 Å². The van der Waals surface area contributed by atoms with Crippen molar-refractivity contribution in [1.29, 1.82) is 0 Å². The maximum absolute atomic E-state index is 12.8. The number of para-hydroxylation sites is 1. The van der Waals surface area contributed by atoms with Gasteiger partial charge in [0.05, 0.1) is 16.9 Å². The van der Waals surface area contributed by atoms with Crippen LogP contribution in [0.4, 0.5) is 11.4 Å². The molecule has 0 atom stereocenters. The Morgan fingerprint density at radius 2 is 1.79 bits per heavy atom. The zero-order valence-corrected chi connectivity index (χ0v) is 15.0. The maximum atomic E-state index is 12.8. The van der Waals surface area contributed by atoms with Crippen molar-refractivity contribution in [2.45, 2.75) is 0 Å². The standard InChI is InChI=1S/C18H14ClN5O4/c19-10-4-3-5-11(8-10)24(20)17(27)12-6-1-2-7-14(12)22-15(25)13-9-21-18(28)23-16(13)26/h1-9H,20H2,(H,22,25)(H2,21,23,26,28). The Morgan fingerprint density at radius 1 is 1.04 bits per heavy atom. The minimum Gasteiger partial charge on any atom is -0.321 e. The second-order valence-corrected chi connectivity index (χ2v) is 6.08. The number of carbonyl (C=O) groups excluding carboxylic acids is 2. The molecule has 0 aliphatic heterocycles. The molecule has 5 N–H and O–H groups in total. The highest BCUT2D eigenvalue weighted by Crippen LogP contribution is 2.22. The van der Waals surface area contributed by atoms with E-state index in [1.165, 1.54) is 18.2 Å². The summed E-state index contributed by atoms with van der Waals surface area (Å²) in [5.41, 5.74) is -1.32. The number of nitrogens with two attached hydrogens (primary N) is 1. The molecule has 0 radical (unpaired) electrons. The number of hydrazine groups is 1. The number of H-pyrrole nitrogens is 2. The Labute approximate surface area is 162 Å². The van der Waals surface area contributed by atoms with E-state index < -0.39 is 23.1 Å². The number of halogens is 1. The molecular weight excluding hydrogens is 386 g/mol. The molecule has 0 bridgehead atoms. The predicted octanol–water partition coefficient (Wildman–Crippen LogP) is 1.49. The smallest absolute Gasteiger partial charge is 0.321 e. The van der Waals surface area contributed by atoms with Gasteiger partial charge in [-0.05, 0) is 30.3 Å². The molecule has 2 amide bonds. The SMILES string of the molecule is NN(C(=O)c1ccccc1NC(=O)c1c[nH]c(=O)[nH]c1=O)c1cccc(Cl)c1. The van der Waals surface area contributed by atoms with Crippen molar-refractivity contribution in [2.75, 3.05) is 10.3 Å². The highest BCUT2D eigenvalue weighted by molar-refractivity contribution is 6.31. The number of aromatic amines is 2. The van der Waals surface area contributed by atoms with Crippen molar-refractivity contribution in [3.8, 4) is 0 Å². The number of nitrogens with one attached hydrogen (secondary N) is 3. The van der Waals surface area contributed by atoms with Crippen LogP contribution in [0.1, 0.15) is 20.7 Å². The molecule has 0 saturated heterocycles. The van der Waals surface area contributed by atoms with E-state index in [1.807, 2.05) is 4.98 Å². The van der Waals surface area contributed by atoms with Gasteiger partial charge in [0.1, 0.15) is 5.56 Å². The quantitative estimate of drug-likeness (QED) is 0.299. The molecule has 142 valence electrons. The average molecular weight is 400 g/mol. The Bertz CT molecular complexity index is 1170. The van der Waals surface area contributed by atoms with Crippen LogP contribution in [0.5, 0.6) is 0 Å². The highest BCUT2D eigenvalue weighted by atomic mass is 35.5. The molecule has 0 aliphatic carbocycles. The number of rotatable bonds is 4. The van der Waals surface area contributed by atoms with Gasteiger partial charge in [0.15, 0.2) is 0 Å². The third kappa shape index (κ3) is 4.00. The van der Waals surface area contributed by atoms with Gasteiger partial charge in [-0.3, -0.25) is 19.4 Å². The minimum atomic E-state index is -0.857. The van der Waals surface area contributed by atoms with Crippen LogP contribution in [-0.2, 0) is 0 Å². The molecular formula is C18H14ClN5O4. The van der Waals surface area contributed by atoms with Crippen LogP contribution in [0.3, 0.4) is 0 Å². The largest absolute Gasteiger partial charge is 0.325 e. The number of nitrogens with zero attached hydrogens (tertiary/aromatic N) is 1. The summed E-state index contributed by atoms with van der Waals surface area (Å²) in [7, 11) is 0. The van der Waals surface area contributed by atoms with Crippen LogP contribution < -0.4 is 27.4 Å². The van der Waals surface area contributed by atoms with Crippen molar-refractivity contribution in [3.63, 3.8) is 0 Å². The molecule has 0 unspecified atom stereocenters.